The molecule has 9 nitrogen and oxygen atoms in total. The smallest absolute Gasteiger partial charge is 0.329 e. The van der Waals surface area contributed by atoms with Gasteiger partial charge in [0.25, 0.3) is 5.56 Å². The Bertz CT molecular complexity index is 834. The molecular weight excluding hydrogens is 322 g/mol. The van der Waals surface area contributed by atoms with Gasteiger partial charge in [-0.05, 0) is 13.8 Å². The van der Waals surface area contributed by atoms with Crippen LogP contribution in [0, 0.1) is 6.92 Å². The lowest BCUT2D eigenvalue weighted by molar-refractivity contribution is 0.628. The van der Waals surface area contributed by atoms with Crippen molar-refractivity contribution < 1.29 is 0 Å². The molecule has 3 rings (SSSR count). The second-order valence-corrected chi connectivity index (χ2v) is 6.06. The third-order valence-corrected chi connectivity index (χ3v) is 4.23. The molecule has 0 aliphatic carbocycles. The van der Waals surface area contributed by atoms with Crippen molar-refractivity contribution in [2.75, 3.05) is 47.8 Å². The molecule has 1 fully saturated rings. The van der Waals surface area contributed by atoms with Crippen molar-refractivity contribution in [3.8, 4) is 0 Å². The molecule has 0 unspecified atom stereocenters. The van der Waals surface area contributed by atoms with Gasteiger partial charge in [0, 0.05) is 57.6 Å². The molecule has 2 aromatic heterocycles. The lowest BCUT2D eigenvalue weighted by Crippen LogP contribution is -2.48. The van der Waals surface area contributed by atoms with Crippen LogP contribution in [0.1, 0.15) is 12.6 Å². The van der Waals surface area contributed by atoms with Crippen LogP contribution in [-0.2, 0) is 7.05 Å². The Labute approximate surface area is 145 Å². The monoisotopic (exact) mass is 345 g/mol. The first-order chi connectivity index (χ1) is 12.0. The van der Waals surface area contributed by atoms with Crippen molar-refractivity contribution in [3.63, 3.8) is 0 Å². The van der Waals surface area contributed by atoms with Gasteiger partial charge in [0.15, 0.2) is 0 Å². The number of aryl methyl sites for hydroxylation is 1. The van der Waals surface area contributed by atoms with Gasteiger partial charge in [-0.2, -0.15) is 4.98 Å². The summed E-state index contributed by atoms with van der Waals surface area (Å²) in [6.07, 6.45) is 0. The normalized spacial score (nSPS) is 14.7. The molecule has 0 aromatic carbocycles. The van der Waals surface area contributed by atoms with Crippen molar-refractivity contribution in [2.24, 2.45) is 7.05 Å². The van der Waals surface area contributed by atoms with E-state index in [0.717, 1.165) is 22.6 Å². The highest BCUT2D eigenvalue weighted by atomic mass is 16.2. The van der Waals surface area contributed by atoms with E-state index in [1.165, 1.54) is 13.1 Å². The van der Waals surface area contributed by atoms with Crippen LogP contribution in [0.15, 0.2) is 21.7 Å². The van der Waals surface area contributed by atoms with E-state index >= 15 is 0 Å². The molecule has 0 spiro atoms. The van der Waals surface area contributed by atoms with Gasteiger partial charge in [-0.3, -0.25) is 14.3 Å². The highest BCUT2D eigenvalue weighted by Gasteiger charge is 2.21. The van der Waals surface area contributed by atoms with Gasteiger partial charge in [-0.1, -0.05) is 0 Å². The van der Waals surface area contributed by atoms with Gasteiger partial charge in [0.2, 0.25) is 5.95 Å². The van der Waals surface area contributed by atoms with Crippen molar-refractivity contribution in [3.05, 3.63) is 38.7 Å². The molecule has 0 radical (unpaired) electrons. The van der Waals surface area contributed by atoms with Crippen LogP contribution in [0.5, 0.6) is 0 Å². The molecular formula is C16H23N7O2. The van der Waals surface area contributed by atoms with E-state index in [4.69, 9.17) is 0 Å². The van der Waals surface area contributed by atoms with Crippen molar-refractivity contribution in [2.45, 2.75) is 13.8 Å². The summed E-state index contributed by atoms with van der Waals surface area (Å²) in [4.78, 5) is 39.5. The predicted molar refractivity (Wildman–Crippen MR) is 97.7 cm³/mol. The average molecular weight is 345 g/mol. The fourth-order valence-corrected chi connectivity index (χ4v) is 2.83. The maximum Gasteiger partial charge on any atom is 0.329 e. The van der Waals surface area contributed by atoms with E-state index in [1.54, 1.807) is 0 Å². The minimum atomic E-state index is -0.401. The quantitative estimate of drug-likeness (QED) is 0.800. The number of rotatable bonds is 4. The molecule has 1 aliphatic heterocycles. The molecule has 0 saturated carbocycles. The van der Waals surface area contributed by atoms with Gasteiger partial charge < -0.3 is 15.1 Å². The lowest BCUT2D eigenvalue weighted by Gasteiger charge is -2.35. The molecule has 25 heavy (non-hydrogen) atoms. The summed E-state index contributed by atoms with van der Waals surface area (Å²) in [7, 11) is 1.46. The zero-order chi connectivity index (χ0) is 18.0. The van der Waals surface area contributed by atoms with Crippen LogP contribution in [0.25, 0.3) is 0 Å². The number of aromatic nitrogens is 4. The maximum atomic E-state index is 11.8. The van der Waals surface area contributed by atoms with E-state index in [2.05, 4.69) is 25.2 Å². The number of H-pyrrole nitrogens is 1. The van der Waals surface area contributed by atoms with E-state index < -0.39 is 5.69 Å². The third-order valence-electron chi connectivity index (χ3n) is 4.23. The molecule has 0 atom stereocenters. The number of nitrogens with one attached hydrogen (secondary N) is 2. The number of hydrogen-bond acceptors (Lipinski definition) is 7. The fourth-order valence-electron chi connectivity index (χ4n) is 2.83. The largest absolute Gasteiger partial charge is 0.370 e. The Morgan fingerprint density at radius 1 is 1.12 bits per heavy atom. The first-order valence-electron chi connectivity index (χ1n) is 8.37. The van der Waals surface area contributed by atoms with E-state index in [1.807, 2.05) is 24.8 Å². The zero-order valence-corrected chi connectivity index (χ0v) is 14.7. The number of nitrogens with zero attached hydrogens (tertiary/aromatic N) is 5. The molecule has 0 bridgehead atoms. The van der Waals surface area contributed by atoms with Gasteiger partial charge in [0.05, 0.1) is 0 Å². The van der Waals surface area contributed by atoms with E-state index in [9.17, 15) is 9.59 Å². The highest BCUT2D eigenvalue weighted by Crippen LogP contribution is 2.17. The predicted octanol–water partition coefficient (Wildman–Crippen LogP) is -0.0696. The van der Waals surface area contributed by atoms with Crippen molar-refractivity contribution >= 4 is 17.6 Å². The minimum absolute atomic E-state index is 0.307. The molecule has 2 N–H and O–H groups in total. The molecule has 134 valence electrons. The molecule has 1 saturated heterocycles. The van der Waals surface area contributed by atoms with Crippen LogP contribution in [0.3, 0.4) is 0 Å². The summed E-state index contributed by atoms with van der Waals surface area (Å²) >= 11 is 0. The Morgan fingerprint density at radius 3 is 2.44 bits per heavy atom. The van der Waals surface area contributed by atoms with E-state index in [0.29, 0.717) is 37.9 Å². The second-order valence-electron chi connectivity index (χ2n) is 6.06. The lowest BCUT2D eigenvalue weighted by atomic mass is 10.3. The first-order valence-corrected chi connectivity index (χ1v) is 8.37. The third kappa shape index (κ3) is 3.65. The number of piperazine rings is 1. The Hall–Kier alpha value is -2.84. The van der Waals surface area contributed by atoms with Crippen LogP contribution < -0.4 is 26.4 Å². The van der Waals surface area contributed by atoms with E-state index in [-0.39, 0.29) is 5.56 Å². The Kier molecular flexibility index (Phi) is 4.73. The Balaban J connectivity index is 1.74. The summed E-state index contributed by atoms with van der Waals surface area (Å²) in [5.74, 6) is 2.09. The molecule has 0 amide bonds. The average Bonchev–Trinajstić information content (AvgIpc) is 2.59. The molecule has 3 heterocycles. The van der Waals surface area contributed by atoms with Gasteiger partial charge in [-0.25, -0.2) is 9.78 Å². The number of hydrogen-bond donors (Lipinski definition) is 2. The first kappa shape index (κ1) is 17.0. The molecule has 1 aliphatic rings. The van der Waals surface area contributed by atoms with Crippen LogP contribution in [0.2, 0.25) is 0 Å². The summed E-state index contributed by atoms with van der Waals surface area (Å²) in [5, 5.41) is 3.22. The molecule has 2 aromatic rings. The fraction of sp³-hybridized carbons (Fsp3) is 0.500. The SMILES string of the molecule is CCNc1cc(C)nc(N2CCN(c3cc(=O)n(C)c(=O)[nH]3)CC2)n1. The van der Waals surface area contributed by atoms with Gasteiger partial charge in [-0.15, -0.1) is 0 Å². The van der Waals surface area contributed by atoms with Gasteiger partial charge in [0.1, 0.15) is 11.6 Å². The minimum Gasteiger partial charge on any atom is -0.370 e. The van der Waals surface area contributed by atoms with Crippen molar-refractivity contribution in [1.29, 1.82) is 0 Å². The summed E-state index contributed by atoms with van der Waals surface area (Å²) in [6.45, 7) is 7.57. The summed E-state index contributed by atoms with van der Waals surface area (Å²) in [6, 6.07) is 3.39. The number of anilines is 3. The second kappa shape index (κ2) is 6.96. The van der Waals surface area contributed by atoms with Gasteiger partial charge >= 0.3 is 5.69 Å². The van der Waals surface area contributed by atoms with Crippen LogP contribution in [0.4, 0.5) is 17.6 Å². The van der Waals surface area contributed by atoms with Crippen LogP contribution in [-0.4, -0.2) is 52.2 Å². The summed E-state index contributed by atoms with van der Waals surface area (Å²) in [5.41, 5.74) is 0.208. The standard InChI is InChI=1S/C16H23N7O2/c1-4-17-12-9-11(2)18-15(19-12)23-7-5-22(6-8-23)13-10-14(24)21(3)16(25)20-13/h9-10H,4-8H2,1-3H3,(H,20,25)(H,17,18,19). The highest BCUT2D eigenvalue weighted by molar-refractivity contribution is 5.46. The topological polar surface area (TPSA) is 99.1 Å². The zero-order valence-electron chi connectivity index (χ0n) is 14.7. The Morgan fingerprint density at radius 2 is 1.80 bits per heavy atom. The molecule has 9 heteroatoms. The number of aromatic amines is 1. The maximum absolute atomic E-state index is 11.8. The van der Waals surface area contributed by atoms with Crippen LogP contribution >= 0.6 is 0 Å². The van der Waals surface area contributed by atoms with Crippen molar-refractivity contribution in [1.82, 2.24) is 19.5 Å². The summed E-state index contributed by atoms with van der Waals surface area (Å²) < 4.78 is 1.06.